The van der Waals surface area contributed by atoms with Crippen molar-refractivity contribution in [1.82, 2.24) is 15.1 Å². The van der Waals surface area contributed by atoms with Gasteiger partial charge in [0.1, 0.15) is 5.82 Å². The summed E-state index contributed by atoms with van der Waals surface area (Å²) in [4.78, 5) is 23.6. The van der Waals surface area contributed by atoms with E-state index in [2.05, 4.69) is 10.4 Å². The van der Waals surface area contributed by atoms with E-state index in [-0.39, 0.29) is 23.2 Å². The molecule has 0 bridgehead atoms. The first-order valence-electron chi connectivity index (χ1n) is 7.75. The van der Waals surface area contributed by atoms with Gasteiger partial charge >= 0.3 is 0 Å². The van der Waals surface area contributed by atoms with Crippen molar-refractivity contribution < 1.29 is 9.18 Å². The summed E-state index contributed by atoms with van der Waals surface area (Å²) in [7, 11) is 0. The van der Waals surface area contributed by atoms with Crippen LogP contribution in [0.4, 0.5) is 4.39 Å². The first-order valence-corrected chi connectivity index (χ1v) is 7.75. The molecule has 1 saturated carbocycles. The number of nitrogens with one attached hydrogen (secondary N) is 1. The lowest BCUT2D eigenvalue weighted by Gasteiger charge is -2.24. The van der Waals surface area contributed by atoms with Crippen LogP contribution in [0.2, 0.25) is 0 Å². The Morgan fingerprint density at radius 3 is 2.61 bits per heavy atom. The largest absolute Gasteiger partial charge is 0.354 e. The maximum atomic E-state index is 13.0. The lowest BCUT2D eigenvalue weighted by Crippen LogP contribution is -2.37. The van der Waals surface area contributed by atoms with E-state index in [0.29, 0.717) is 18.8 Å². The van der Waals surface area contributed by atoms with E-state index >= 15 is 0 Å². The van der Waals surface area contributed by atoms with Gasteiger partial charge in [0, 0.05) is 24.1 Å². The van der Waals surface area contributed by atoms with Gasteiger partial charge in [-0.25, -0.2) is 9.07 Å². The second-order valence-corrected chi connectivity index (χ2v) is 5.71. The lowest BCUT2D eigenvalue weighted by atomic mass is 9.85. The summed E-state index contributed by atoms with van der Waals surface area (Å²) in [5, 5.41) is 7.12. The van der Waals surface area contributed by atoms with E-state index in [9.17, 15) is 14.0 Å². The zero-order valence-corrected chi connectivity index (χ0v) is 12.7. The van der Waals surface area contributed by atoms with E-state index in [1.54, 1.807) is 18.2 Å². The lowest BCUT2D eigenvalue weighted by molar-refractivity contribution is -0.127. The van der Waals surface area contributed by atoms with Gasteiger partial charge in [-0.05, 0) is 43.2 Å². The molecule has 1 amide bonds. The predicted octanol–water partition coefficient (Wildman–Crippen LogP) is 1.97. The molecule has 3 rings (SSSR count). The topological polar surface area (TPSA) is 64.0 Å². The fourth-order valence-corrected chi connectivity index (χ4v) is 2.48. The number of halogens is 1. The zero-order chi connectivity index (χ0) is 16.2. The number of hydrogen-bond donors (Lipinski definition) is 1. The number of carbonyl (C=O) groups excluding carboxylic acids is 1. The molecule has 120 valence electrons. The van der Waals surface area contributed by atoms with Crippen LogP contribution < -0.4 is 10.9 Å². The quantitative estimate of drug-likeness (QED) is 0.917. The molecule has 0 aliphatic heterocycles. The highest BCUT2D eigenvalue weighted by atomic mass is 19.1. The summed E-state index contributed by atoms with van der Waals surface area (Å²) in [5.41, 5.74) is 1.10. The molecule has 1 fully saturated rings. The molecule has 1 aliphatic carbocycles. The number of hydrogen-bond acceptors (Lipinski definition) is 3. The van der Waals surface area contributed by atoms with Gasteiger partial charge in [-0.3, -0.25) is 9.59 Å². The fraction of sp³-hybridized carbons (Fsp3) is 0.353. The molecule has 1 aromatic heterocycles. The van der Waals surface area contributed by atoms with Gasteiger partial charge in [-0.15, -0.1) is 0 Å². The van der Waals surface area contributed by atoms with E-state index in [1.165, 1.54) is 22.9 Å². The minimum Gasteiger partial charge on any atom is -0.354 e. The average molecular weight is 315 g/mol. The van der Waals surface area contributed by atoms with Crippen LogP contribution in [-0.2, 0) is 11.3 Å². The minimum absolute atomic E-state index is 0.0546. The van der Waals surface area contributed by atoms with Crippen LogP contribution in [-0.4, -0.2) is 22.2 Å². The van der Waals surface area contributed by atoms with E-state index < -0.39 is 0 Å². The second-order valence-electron chi connectivity index (χ2n) is 5.71. The van der Waals surface area contributed by atoms with Gasteiger partial charge in [-0.2, -0.15) is 5.10 Å². The van der Waals surface area contributed by atoms with Crippen LogP contribution >= 0.6 is 0 Å². The Morgan fingerprint density at radius 1 is 1.22 bits per heavy atom. The molecular weight excluding hydrogens is 297 g/mol. The first kappa shape index (κ1) is 15.4. The Bertz CT molecular complexity index is 751. The van der Waals surface area contributed by atoms with Crippen molar-refractivity contribution >= 4 is 5.91 Å². The van der Waals surface area contributed by atoms with Crippen molar-refractivity contribution in [1.29, 1.82) is 0 Å². The molecule has 0 spiro atoms. The summed E-state index contributed by atoms with van der Waals surface area (Å²) in [6.45, 7) is 0.682. The molecule has 1 aliphatic rings. The van der Waals surface area contributed by atoms with Crippen LogP contribution in [0, 0.1) is 11.7 Å². The number of carbonyl (C=O) groups is 1. The second kappa shape index (κ2) is 6.73. The highest BCUT2D eigenvalue weighted by Gasteiger charge is 2.24. The van der Waals surface area contributed by atoms with Crippen molar-refractivity contribution in [2.75, 3.05) is 6.54 Å². The summed E-state index contributed by atoms with van der Waals surface area (Å²) in [6, 6.07) is 8.98. The van der Waals surface area contributed by atoms with Crippen LogP contribution in [0.15, 0.2) is 41.2 Å². The third kappa shape index (κ3) is 3.64. The van der Waals surface area contributed by atoms with Gasteiger partial charge in [0.25, 0.3) is 5.56 Å². The number of amides is 1. The van der Waals surface area contributed by atoms with Crippen LogP contribution in [0.1, 0.15) is 19.3 Å². The van der Waals surface area contributed by atoms with Gasteiger partial charge < -0.3 is 5.32 Å². The standard InChI is InChI=1S/C17H18FN3O2/c18-14-6-4-12(5-7-14)15-8-9-16(22)21(20-15)11-10-19-17(23)13-2-1-3-13/h4-9,13H,1-3,10-11H2,(H,19,23). The van der Waals surface area contributed by atoms with Gasteiger partial charge in [0.05, 0.1) is 12.2 Å². The third-order valence-corrected chi connectivity index (χ3v) is 4.11. The van der Waals surface area contributed by atoms with E-state index in [4.69, 9.17) is 0 Å². The number of benzene rings is 1. The Morgan fingerprint density at radius 2 is 1.96 bits per heavy atom. The zero-order valence-electron chi connectivity index (χ0n) is 12.7. The number of nitrogens with zero attached hydrogens (tertiary/aromatic N) is 2. The molecule has 0 saturated heterocycles. The molecule has 0 unspecified atom stereocenters. The van der Waals surface area contributed by atoms with Crippen molar-refractivity contribution in [3.8, 4) is 11.3 Å². The van der Waals surface area contributed by atoms with Crippen molar-refractivity contribution in [2.24, 2.45) is 5.92 Å². The molecular formula is C17H18FN3O2. The third-order valence-electron chi connectivity index (χ3n) is 4.11. The smallest absolute Gasteiger partial charge is 0.266 e. The number of aromatic nitrogens is 2. The monoisotopic (exact) mass is 315 g/mol. The molecule has 5 nitrogen and oxygen atoms in total. The molecule has 1 aromatic carbocycles. The Labute approximate surface area is 133 Å². The first-order chi connectivity index (χ1) is 11.1. The summed E-state index contributed by atoms with van der Waals surface area (Å²) >= 11 is 0. The van der Waals surface area contributed by atoms with Gasteiger partial charge in [-0.1, -0.05) is 6.42 Å². The highest BCUT2D eigenvalue weighted by Crippen LogP contribution is 2.26. The normalized spacial score (nSPS) is 14.3. The van der Waals surface area contributed by atoms with Crippen LogP contribution in [0.5, 0.6) is 0 Å². The summed E-state index contributed by atoms with van der Waals surface area (Å²) < 4.78 is 14.3. The minimum atomic E-state index is -0.319. The predicted molar refractivity (Wildman–Crippen MR) is 84.2 cm³/mol. The maximum absolute atomic E-state index is 13.0. The number of rotatable bonds is 5. The van der Waals surface area contributed by atoms with E-state index in [1.807, 2.05) is 0 Å². The molecule has 0 atom stereocenters. The van der Waals surface area contributed by atoms with Gasteiger partial charge in [0.15, 0.2) is 0 Å². The fourth-order valence-electron chi connectivity index (χ4n) is 2.48. The summed E-state index contributed by atoms with van der Waals surface area (Å²) in [6.07, 6.45) is 3.01. The van der Waals surface area contributed by atoms with Gasteiger partial charge in [0.2, 0.25) is 5.91 Å². The highest BCUT2D eigenvalue weighted by molar-refractivity contribution is 5.79. The SMILES string of the molecule is O=C(NCCn1nc(-c2ccc(F)cc2)ccc1=O)C1CCC1. The molecule has 2 aromatic rings. The molecule has 1 heterocycles. The van der Waals surface area contributed by atoms with E-state index in [0.717, 1.165) is 24.8 Å². The maximum Gasteiger partial charge on any atom is 0.266 e. The van der Waals surface area contributed by atoms with Crippen molar-refractivity contribution in [3.05, 3.63) is 52.6 Å². The molecule has 1 N–H and O–H groups in total. The summed E-state index contributed by atoms with van der Waals surface area (Å²) in [5.74, 6) is -0.134. The Hall–Kier alpha value is -2.50. The van der Waals surface area contributed by atoms with Crippen molar-refractivity contribution in [2.45, 2.75) is 25.8 Å². The Kier molecular flexibility index (Phi) is 4.50. The molecule has 23 heavy (non-hydrogen) atoms. The van der Waals surface area contributed by atoms with Crippen LogP contribution in [0.25, 0.3) is 11.3 Å². The Balaban J connectivity index is 1.66. The molecule has 0 radical (unpaired) electrons. The van der Waals surface area contributed by atoms with Crippen molar-refractivity contribution in [3.63, 3.8) is 0 Å². The van der Waals surface area contributed by atoms with Crippen LogP contribution in [0.3, 0.4) is 0 Å². The average Bonchev–Trinajstić information content (AvgIpc) is 2.48. The molecule has 6 heteroatoms.